The smallest absolute Gasteiger partial charge is 2.00 e. The quantitative estimate of drug-likeness (QED) is 0.367. The zero-order chi connectivity index (χ0) is 0. The second-order valence-electron chi connectivity index (χ2n) is 0. The molecule has 0 aliphatic heterocycles. The van der Waals surface area contributed by atoms with E-state index in [-0.39, 0.29) is 126 Å². The number of hydrogen-bond donors (Lipinski definition) is 0. The molecule has 0 aliphatic rings. The summed E-state index contributed by atoms with van der Waals surface area (Å²) in [4.78, 5) is 0. The van der Waals surface area contributed by atoms with Crippen LogP contribution in [0.3, 0.4) is 0 Å². The number of rotatable bonds is 0. The van der Waals surface area contributed by atoms with E-state index in [1.807, 2.05) is 0 Å². The van der Waals surface area contributed by atoms with Crippen LogP contribution in [-0.2, 0) is 40.5 Å². The molecule has 0 spiro atoms. The first-order valence-electron chi connectivity index (χ1n) is 0. The molecule has 0 aromatic rings. The van der Waals surface area contributed by atoms with Crippen molar-refractivity contribution in [1.29, 1.82) is 0 Å². The molecule has 0 bridgehead atoms. The van der Waals surface area contributed by atoms with Crippen molar-refractivity contribution in [3.8, 4) is 0 Å². The predicted octanol–water partition coefficient (Wildman–Crippen LogP) is -1.53. The van der Waals surface area contributed by atoms with Gasteiger partial charge in [-0.1, -0.05) is 0 Å². The Morgan fingerprint density at radius 1 is 0.429 bits per heavy atom. The van der Waals surface area contributed by atoms with E-state index in [9.17, 15) is 0 Å². The van der Waals surface area contributed by atoms with E-state index in [1.165, 1.54) is 0 Å². The van der Waals surface area contributed by atoms with E-state index in [4.69, 9.17) is 0 Å². The van der Waals surface area contributed by atoms with Gasteiger partial charge >= 0.3 is 51.7 Å². The van der Waals surface area contributed by atoms with E-state index in [2.05, 4.69) is 0 Å². The van der Waals surface area contributed by atoms with Crippen molar-refractivity contribution in [1.82, 2.24) is 0 Å². The van der Waals surface area contributed by atoms with Crippen molar-refractivity contribution in [3.63, 3.8) is 0 Å². The van der Waals surface area contributed by atoms with E-state index >= 15 is 0 Å². The topological polar surface area (TPSA) is 0 Å². The van der Waals surface area contributed by atoms with E-state index < -0.39 is 0 Å². The summed E-state index contributed by atoms with van der Waals surface area (Å²) in [5, 5.41) is 0. The van der Waals surface area contributed by atoms with Crippen LogP contribution in [0, 0.1) is 0 Å². The maximum Gasteiger partial charge on any atom is 3.00 e. The van der Waals surface area contributed by atoms with Crippen LogP contribution in [0.5, 0.6) is 0 Å². The standard InChI is InChI=1S/2In.3S.2Se/q2*+3;3*-2;;. The first-order chi connectivity index (χ1) is 0. The van der Waals surface area contributed by atoms with E-state index in [1.54, 1.807) is 0 Å². The van der Waals surface area contributed by atoms with Gasteiger partial charge in [0.2, 0.25) is 0 Å². The van der Waals surface area contributed by atoms with E-state index in [0.29, 0.717) is 0 Å². The molecule has 0 aromatic heterocycles. The molecule has 0 amide bonds. The van der Waals surface area contributed by atoms with Crippen LogP contribution in [0.4, 0.5) is 0 Å². The molecule has 0 heterocycles. The molecule has 0 unspecified atom stereocenters. The third-order valence-electron chi connectivity index (χ3n) is 0. The predicted molar refractivity (Wildman–Crippen MR) is 45.1 cm³/mol. The summed E-state index contributed by atoms with van der Waals surface area (Å²) in [7, 11) is 0. The Kier molecular flexibility index (Phi) is 533. The van der Waals surface area contributed by atoms with Crippen LogP contribution in [0.1, 0.15) is 0 Å². The summed E-state index contributed by atoms with van der Waals surface area (Å²) in [6, 6.07) is 0. The first-order valence-corrected chi connectivity index (χ1v) is 0. The first kappa shape index (κ1) is 71.4. The Morgan fingerprint density at radius 3 is 0.429 bits per heavy atom. The summed E-state index contributed by atoms with van der Waals surface area (Å²) >= 11 is 0. The average molecular weight is 484 g/mol. The Morgan fingerprint density at radius 2 is 0.429 bits per heavy atom. The third kappa shape index (κ3) is 41.1. The van der Waals surface area contributed by atoms with Crippen molar-refractivity contribution in [3.05, 3.63) is 0 Å². The van der Waals surface area contributed by atoms with Crippen LogP contribution in [-0.4, -0.2) is 85.8 Å². The molecule has 0 fully saturated rings. The van der Waals surface area contributed by atoms with Gasteiger partial charge in [0, 0.05) is 34.1 Å². The fourth-order valence-corrected chi connectivity index (χ4v) is 0. The molecule has 0 rings (SSSR count). The Labute approximate surface area is 124 Å². The molecule has 0 saturated carbocycles. The summed E-state index contributed by atoms with van der Waals surface area (Å²) in [5.74, 6) is 0. The van der Waals surface area contributed by atoms with Crippen LogP contribution < -0.4 is 0 Å². The van der Waals surface area contributed by atoms with Gasteiger partial charge < -0.3 is 40.5 Å². The largest absolute Gasteiger partial charge is 3.00 e. The van der Waals surface area contributed by atoms with Gasteiger partial charge in [0.05, 0.1) is 0 Å². The fourth-order valence-electron chi connectivity index (χ4n) is 0. The van der Waals surface area contributed by atoms with Crippen LogP contribution in [0.15, 0.2) is 0 Å². The van der Waals surface area contributed by atoms with Gasteiger partial charge in [-0.15, -0.1) is 0 Å². The van der Waals surface area contributed by atoms with Gasteiger partial charge in [-0.3, -0.25) is 0 Å². The minimum atomic E-state index is 0. The SMILES string of the molecule is [In+3].[In+3].[S-2].[S-2].[S-2].[Se].[Se]. The molecule has 0 aromatic carbocycles. The van der Waals surface area contributed by atoms with Gasteiger partial charge in [0.1, 0.15) is 0 Å². The minimum absolute atomic E-state index is 0. The van der Waals surface area contributed by atoms with Crippen molar-refractivity contribution < 1.29 is 0 Å². The molecular weight excluding hydrogens is 484 g/mol. The second-order valence-corrected chi connectivity index (χ2v) is 0. The summed E-state index contributed by atoms with van der Waals surface area (Å²) in [6.07, 6.45) is 0. The Bertz CT molecular complexity index is 10.9. The zero-order valence-corrected chi connectivity index (χ0v) is 15.7. The molecular formula is In2S3Se2. The molecule has 0 aliphatic carbocycles. The van der Waals surface area contributed by atoms with Crippen LogP contribution >= 0.6 is 0 Å². The van der Waals surface area contributed by atoms with Crippen molar-refractivity contribution >= 4 is 126 Å². The van der Waals surface area contributed by atoms with Gasteiger partial charge in [0.25, 0.3) is 0 Å². The summed E-state index contributed by atoms with van der Waals surface area (Å²) in [5.41, 5.74) is 0. The molecule has 36 valence electrons. The normalized spacial score (nSPS) is 0. The zero-order valence-electron chi connectivity index (χ0n) is 3.20. The molecule has 7 heteroatoms. The molecule has 4 radical (unpaired) electrons. The summed E-state index contributed by atoms with van der Waals surface area (Å²) in [6.45, 7) is 0. The fraction of sp³-hybridized carbons (Fsp3) is 0. The van der Waals surface area contributed by atoms with Gasteiger partial charge in [-0.2, -0.15) is 0 Å². The molecule has 0 atom stereocenters. The Balaban J connectivity index is 0. The van der Waals surface area contributed by atoms with E-state index in [0.717, 1.165) is 0 Å². The monoisotopic (exact) mass is 486 g/mol. The van der Waals surface area contributed by atoms with Gasteiger partial charge in [-0.25, -0.2) is 0 Å². The van der Waals surface area contributed by atoms with Crippen molar-refractivity contribution in [2.45, 2.75) is 0 Å². The van der Waals surface area contributed by atoms with Crippen molar-refractivity contribution in [2.24, 2.45) is 0 Å². The Hall–Kier alpha value is 3.83. The van der Waals surface area contributed by atoms with Crippen LogP contribution in [0.2, 0.25) is 0 Å². The molecule has 0 N–H and O–H groups in total. The van der Waals surface area contributed by atoms with Gasteiger partial charge in [-0.05, 0) is 0 Å². The molecule has 7 heavy (non-hydrogen) atoms. The summed E-state index contributed by atoms with van der Waals surface area (Å²) < 4.78 is 0. The maximum absolute atomic E-state index is 0. The maximum atomic E-state index is 0. The minimum Gasteiger partial charge on any atom is -2.00 e. The third-order valence-corrected chi connectivity index (χ3v) is 0. The number of hydrogen-bond acceptors (Lipinski definition) is 0. The second kappa shape index (κ2) is 52.3. The molecule has 0 saturated heterocycles. The van der Waals surface area contributed by atoms with Crippen molar-refractivity contribution in [2.75, 3.05) is 0 Å². The van der Waals surface area contributed by atoms with Gasteiger partial charge in [0.15, 0.2) is 0 Å². The molecule has 0 nitrogen and oxygen atoms in total. The average Bonchev–Trinajstić information content (AvgIpc) is 0. The van der Waals surface area contributed by atoms with Crippen LogP contribution in [0.25, 0.3) is 0 Å².